The number of aromatic nitrogens is 3. The van der Waals surface area contributed by atoms with Gasteiger partial charge in [-0.15, -0.1) is 0 Å². The zero-order valence-electron chi connectivity index (χ0n) is 18.2. The van der Waals surface area contributed by atoms with Crippen LogP contribution in [0.15, 0.2) is 42.5 Å². The lowest BCUT2D eigenvalue weighted by Crippen LogP contribution is -2.30. The van der Waals surface area contributed by atoms with E-state index in [1.54, 1.807) is 24.3 Å². The Morgan fingerprint density at radius 3 is 2.79 bits per heavy atom. The molecule has 0 unspecified atom stereocenters. The number of carbonyl (C=O) groups excluding carboxylic acids is 1. The third-order valence-corrected chi connectivity index (χ3v) is 6.15. The Hall–Kier alpha value is -3.69. The molecule has 1 aliphatic rings. The summed E-state index contributed by atoms with van der Waals surface area (Å²) in [4.78, 5) is 25.0. The summed E-state index contributed by atoms with van der Waals surface area (Å²) in [6.07, 6.45) is 2.82. The predicted octanol–water partition coefficient (Wildman–Crippen LogP) is 1.81. The Kier molecular flexibility index (Phi) is 5.35. The second kappa shape index (κ2) is 8.34. The molecule has 4 aromatic rings. The van der Waals surface area contributed by atoms with Crippen LogP contribution in [0, 0.1) is 6.92 Å². The minimum atomic E-state index is -1.50. The number of carbonyl (C=O) groups is 1. The number of amides is 1. The number of benzene rings is 2. The monoisotopic (exact) mass is 441 g/mol. The van der Waals surface area contributed by atoms with E-state index >= 15 is 0 Å². The van der Waals surface area contributed by atoms with Crippen molar-refractivity contribution in [2.75, 3.05) is 5.32 Å². The van der Waals surface area contributed by atoms with Crippen molar-refractivity contribution in [3.8, 4) is 11.4 Å². The van der Waals surface area contributed by atoms with Crippen LogP contribution >= 0.6 is 0 Å². The van der Waals surface area contributed by atoms with Crippen molar-refractivity contribution in [3.05, 3.63) is 70.5 Å². The topological polar surface area (TPSA) is 137 Å². The van der Waals surface area contributed by atoms with E-state index in [2.05, 4.69) is 10.3 Å². The van der Waals surface area contributed by atoms with Crippen molar-refractivity contribution >= 4 is 35.2 Å². The van der Waals surface area contributed by atoms with E-state index in [0.717, 1.165) is 58.5 Å². The number of fused-ring (bicyclic) bond motifs is 2. The normalized spacial score (nSPS) is 12.7. The second-order valence-electron chi connectivity index (χ2n) is 8.36. The molecule has 0 atom stereocenters. The molecular weight excluding hydrogens is 417 g/mol. The number of nitrogens with one attached hydrogen (secondary N) is 2. The van der Waals surface area contributed by atoms with Crippen LogP contribution in [0.2, 0.25) is 0 Å². The number of nitrogens with zero attached hydrogens (tertiary/aromatic N) is 2. The predicted molar refractivity (Wildman–Crippen MR) is 128 cm³/mol. The van der Waals surface area contributed by atoms with Gasteiger partial charge in [0.25, 0.3) is 5.91 Å². The van der Waals surface area contributed by atoms with Crippen molar-refractivity contribution in [2.45, 2.75) is 32.7 Å². The highest BCUT2D eigenvalue weighted by Crippen LogP contribution is 2.35. The smallest absolute Gasteiger partial charge is 0.423 e. The maximum atomic E-state index is 11.9. The van der Waals surface area contributed by atoms with E-state index in [-0.39, 0.29) is 0 Å². The Labute approximate surface area is 191 Å². The van der Waals surface area contributed by atoms with Gasteiger partial charge >= 0.3 is 7.12 Å². The number of aromatic amines is 1. The van der Waals surface area contributed by atoms with Crippen LogP contribution in [0.1, 0.15) is 39.3 Å². The first-order valence-electron chi connectivity index (χ1n) is 10.9. The molecule has 0 aliphatic heterocycles. The standard InChI is InChI=1S/C24H24BN5O3/c1-13-20(17-8-3-9-18(22(26)31)21(17)28-13)24-29-19-10-4-7-16(19)23(30-24)27-12-14-5-2-6-15(11-14)25(32)33/h2-3,5-6,8-9,11,28,32-33H,4,7,10,12H2,1H3,(H2,26,31)(H,27,29,30). The fourth-order valence-electron chi connectivity index (χ4n) is 4.58. The summed E-state index contributed by atoms with van der Waals surface area (Å²) >= 11 is 0. The van der Waals surface area contributed by atoms with Crippen LogP contribution in [0.3, 0.4) is 0 Å². The first-order chi connectivity index (χ1) is 15.9. The van der Waals surface area contributed by atoms with Gasteiger partial charge in [-0.05, 0) is 43.3 Å². The average molecular weight is 441 g/mol. The molecule has 0 radical (unpaired) electrons. The molecule has 1 aliphatic carbocycles. The van der Waals surface area contributed by atoms with Gasteiger partial charge in [0.2, 0.25) is 0 Å². The summed E-state index contributed by atoms with van der Waals surface area (Å²) in [5, 5.41) is 23.2. The molecule has 0 spiro atoms. The Morgan fingerprint density at radius 2 is 2.00 bits per heavy atom. The van der Waals surface area contributed by atoms with Crippen molar-refractivity contribution in [1.29, 1.82) is 0 Å². The zero-order chi connectivity index (χ0) is 23.1. The Bertz CT molecular complexity index is 1380. The number of anilines is 1. The van der Waals surface area contributed by atoms with Gasteiger partial charge in [0.15, 0.2) is 5.82 Å². The maximum Gasteiger partial charge on any atom is 0.488 e. The fourth-order valence-corrected chi connectivity index (χ4v) is 4.58. The van der Waals surface area contributed by atoms with E-state index < -0.39 is 13.0 Å². The molecule has 33 heavy (non-hydrogen) atoms. The molecule has 8 nitrogen and oxygen atoms in total. The van der Waals surface area contributed by atoms with Crippen LogP contribution in [0.5, 0.6) is 0 Å². The van der Waals surface area contributed by atoms with E-state index in [4.69, 9.17) is 15.7 Å². The molecule has 0 saturated carbocycles. The van der Waals surface area contributed by atoms with Gasteiger partial charge in [-0.25, -0.2) is 9.97 Å². The van der Waals surface area contributed by atoms with Crippen molar-refractivity contribution < 1.29 is 14.8 Å². The van der Waals surface area contributed by atoms with E-state index in [9.17, 15) is 14.8 Å². The SMILES string of the molecule is Cc1[nH]c2c(C(N)=O)cccc2c1-c1nc2c(c(NCc3cccc(B(O)O)c3)n1)CCC2. The molecule has 2 heterocycles. The highest BCUT2D eigenvalue weighted by molar-refractivity contribution is 6.58. The molecule has 2 aromatic heterocycles. The van der Waals surface area contributed by atoms with Crippen LogP contribution in [0.25, 0.3) is 22.3 Å². The number of para-hydroxylation sites is 1. The van der Waals surface area contributed by atoms with E-state index in [1.807, 2.05) is 25.1 Å². The number of primary amides is 1. The number of H-pyrrole nitrogens is 1. The first kappa shape index (κ1) is 21.2. The molecule has 0 fully saturated rings. The molecule has 2 aromatic carbocycles. The summed E-state index contributed by atoms with van der Waals surface area (Å²) in [7, 11) is -1.50. The van der Waals surface area contributed by atoms with Crippen LogP contribution in [-0.2, 0) is 19.4 Å². The molecule has 5 rings (SSSR count). The van der Waals surface area contributed by atoms with Gasteiger partial charge in [0.1, 0.15) is 5.82 Å². The van der Waals surface area contributed by atoms with Gasteiger partial charge in [0, 0.05) is 34.4 Å². The highest BCUT2D eigenvalue weighted by atomic mass is 16.4. The summed E-state index contributed by atoms with van der Waals surface area (Å²) < 4.78 is 0. The maximum absolute atomic E-state index is 11.9. The number of nitrogens with two attached hydrogens (primary N) is 1. The van der Waals surface area contributed by atoms with Gasteiger partial charge in [-0.2, -0.15) is 0 Å². The highest BCUT2D eigenvalue weighted by Gasteiger charge is 2.23. The lowest BCUT2D eigenvalue weighted by molar-refractivity contribution is 0.100. The molecule has 0 bridgehead atoms. The molecule has 6 N–H and O–H groups in total. The van der Waals surface area contributed by atoms with Gasteiger partial charge in [-0.3, -0.25) is 4.79 Å². The lowest BCUT2D eigenvalue weighted by Gasteiger charge is -2.13. The fraction of sp³-hybridized carbons (Fsp3) is 0.208. The largest absolute Gasteiger partial charge is 0.488 e. The van der Waals surface area contributed by atoms with Gasteiger partial charge < -0.3 is 26.1 Å². The minimum absolute atomic E-state index is 0.437. The Morgan fingerprint density at radius 1 is 1.18 bits per heavy atom. The van der Waals surface area contributed by atoms with Crippen molar-refractivity contribution in [2.24, 2.45) is 5.73 Å². The first-order valence-corrected chi connectivity index (χ1v) is 10.9. The minimum Gasteiger partial charge on any atom is -0.423 e. The van der Waals surface area contributed by atoms with Crippen molar-refractivity contribution in [3.63, 3.8) is 0 Å². The number of aryl methyl sites for hydroxylation is 2. The summed E-state index contributed by atoms with van der Waals surface area (Å²) in [6.45, 7) is 2.43. The van der Waals surface area contributed by atoms with Crippen molar-refractivity contribution in [1.82, 2.24) is 15.0 Å². The Balaban J connectivity index is 1.56. The van der Waals surface area contributed by atoms with E-state index in [1.165, 1.54) is 0 Å². The number of rotatable bonds is 6. The van der Waals surface area contributed by atoms with E-state index in [0.29, 0.717) is 28.9 Å². The third kappa shape index (κ3) is 3.86. The quantitative estimate of drug-likeness (QED) is 0.290. The summed E-state index contributed by atoms with van der Waals surface area (Å²) in [5.74, 6) is 0.895. The molecule has 1 amide bonds. The van der Waals surface area contributed by atoms with Gasteiger partial charge in [-0.1, -0.05) is 36.4 Å². The third-order valence-electron chi connectivity index (χ3n) is 6.15. The molecular formula is C24H24BN5O3. The zero-order valence-corrected chi connectivity index (χ0v) is 18.2. The summed E-state index contributed by atoms with van der Waals surface area (Å²) in [5.41, 5.74) is 11.9. The molecule has 166 valence electrons. The second-order valence-corrected chi connectivity index (χ2v) is 8.36. The van der Waals surface area contributed by atoms with Crippen LogP contribution in [0.4, 0.5) is 5.82 Å². The number of hydrogen-bond acceptors (Lipinski definition) is 6. The molecule has 0 saturated heterocycles. The average Bonchev–Trinajstić information content (AvgIpc) is 3.40. The lowest BCUT2D eigenvalue weighted by atomic mass is 9.79. The van der Waals surface area contributed by atoms with Crippen LogP contribution in [-0.4, -0.2) is 38.0 Å². The summed E-state index contributed by atoms with van der Waals surface area (Å²) in [6, 6.07) is 12.6. The number of hydrogen-bond donors (Lipinski definition) is 5. The van der Waals surface area contributed by atoms with Crippen LogP contribution < -0.4 is 16.5 Å². The van der Waals surface area contributed by atoms with Gasteiger partial charge in [0.05, 0.1) is 11.1 Å². The molecule has 9 heteroatoms.